The normalized spacial score (nSPS) is 20.9. The number of aromatic nitrogens is 3. The zero-order valence-electron chi connectivity index (χ0n) is 17.2. The maximum Gasteiger partial charge on any atom is 0.273 e. The molecule has 1 aliphatic carbocycles. The number of para-hydroxylation sites is 1. The average molecular weight is 382 g/mol. The minimum atomic E-state index is -0.109. The predicted octanol–water partition coefficient (Wildman–Crippen LogP) is 3.39. The van der Waals surface area contributed by atoms with Gasteiger partial charge in [0.05, 0.1) is 11.4 Å². The Balaban J connectivity index is 1.49. The largest absolute Gasteiger partial charge is 0.349 e. The third kappa shape index (κ3) is 3.97. The van der Waals surface area contributed by atoms with Crippen LogP contribution in [0.25, 0.3) is 5.69 Å². The van der Waals surface area contributed by atoms with Gasteiger partial charge in [0.2, 0.25) is 0 Å². The van der Waals surface area contributed by atoms with Crippen LogP contribution in [-0.2, 0) is 0 Å². The van der Waals surface area contributed by atoms with Crippen molar-refractivity contribution in [3.8, 4) is 5.69 Å². The Morgan fingerprint density at radius 3 is 2.64 bits per heavy atom. The molecule has 2 aliphatic rings. The lowest BCUT2D eigenvalue weighted by atomic mass is 9.93. The lowest BCUT2D eigenvalue weighted by Crippen LogP contribution is -2.54. The van der Waals surface area contributed by atoms with Gasteiger partial charge in [-0.15, -0.1) is 5.10 Å². The summed E-state index contributed by atoms with van der Waals surface area (Å²) in [5.41, 5.74) is 2.32. The van der Waals surface area contributed by atoms with Gasteiger partial charge in [0, 0.05) is 24.5 Å². The molecule has 28 heavy (non-hydrogen) atoms. The van der Waals surface area contributed by atoms with E-state index < -0.39 is 0 Å². The summed E-state index contributed by atoms with van der Waals surface area (Å²) in [6.07, 6.45) is 4.72. The third-order valence-corrected chi connectivity index (χ3v) is 6.08. The number of likely N-dealkylation sites (tertiary alicyclic amines) is 1. The third-order valence-electron chi connectivity index (χ3n) is 6.08. The number of nitrogens with one attached hydrogen (secondary N) is 1. The highest BCUT2D eigenvalue weighted by Gasteiger charge is 2.35. The molecule has 2 heterocycles. The van der Waals surface area contributed by atoms with Crippen molar-refractivity contribution in [2.45, 2.75) is 57.9 Å². The van der Waals surface area contributed by atoms with Crippen molar-refractivity contribution in [3.05, 3.63) is 41.7 Å². The van der Waals surface area contributed by atoms with Crippen molar-refractivity contribution < 1.29 is 4.79 Å². The van der Waals surface area contributed by atoms with Crippen LogP contribution in [0.2, 0.25) is 0 Å². The van der Waals surface area contributed by atoms with Gasteiger partial charge in [-0.3, -0.25) is 9.69 Å². The molecule has 1 amide bonds. The van der Waals surface area contributed by atoms with Crippen molar-refractivity contribution in [1.29, 1.82) is 0 Å². The quantitative estimate of drug-likeness (QED) is 0.833. The molecule has 2 aromatic rings. The van der Waals surface area contributed by atoms with E-state index in [0.717, 1.165) is 43.2 Å². The first-order chi connectivity index (χ1) is 13.5. The Morgan fingerprint density at radius 1 is 1.21 bits per heavy atom. The summed E-state index contributed by atoms with van der Waals surface area (Å²) in [6, 6.07) is 9.95. The first-order valence-corrected chi connectivity index (χ1v) is 10.5. The molecular weight excluding hydrogens is 350 g/mol. The van der Waals surface area contributed by atoms with Crippen LogP contribution < -0.4 is 5.32 Å². The second-order valence-electron chi connectivity index (χ2n) is 9.03. The number of piperidine rings is 1. The Morgan fingerprint density at radius 2 is 1.96 bits per heavy atom. The van der Waals surface area contributed by atoms with Crippen LogP contribution in [0.15, 0.2) is 30.3 Å². The Kier molecular flexibility index (Phi) is 5.23. The lowest BCUT2D eigenvalue weighted by Gasteiger charge is -2.43. The molecule has 1 saturated carbocycles. The van der Waals surface area contributed by atoms with E-state index in [9.17, 15) is 4.79 Å². The van der Waals surface area contributed by atoms with E-state index in [2.05, 4.69) is 41.3 Å². The zero-order valence-corrected chi connectivity index (χ0v) is 17.2. The van der Waals surface area contributed by atoms with E-state index in [1.807, 2.05) is 35.0 Å². The molecule has 6 heteroatoms. The molecule has 1 aromatic carbocycles. The molecule has 0 radical (unpaired) electrons. The SMILES string of the molecule is CC1CCCN(C(C)(C)CNC(=O)c2nnn(-c3ccccc3)c2C2CC2)C1. The summed E-state index contributed by atoms with van der Waals surface area (Å²) in [5, 5.41) is 11.7. The van der Waals surface area contributed by atoms with Gasteiger partial charge < -0.3 is 5.32 Å². The fourth-order valence-electron chi connectivity index (χ4n) is 4.17. The second kappa shape index (κ2) is 7.66. The minimum Gasteiger partial charge on any atom is -0.349 e. The zero-order chi connectivity index (χ0) is 19.7. The Labute approximate surface area is 167 Å². The highest BCUT2D eigenvalue weighted by atomic mass is 16.2. The first-order valence-electron chi connectivity index (χ1n) is 10.5. The first kappa shape index (κ1) is 19.1. The number of carbonyl (C=O) groups excluding carboxylic acids is 1. The van der Waals surface area contributed by atoms with Gasteiger partial charge in [-0.2, -0.15) is 0 Å². The Bertz CT molecular complexity index is 825. The maximum atomic E-state index is 13.0. The van der Waals surface area contributed by atoms with Gasteiger partial charge in [-0.25, -0.2) is 4.68 Å². The number of amides is 1. The molecule has 1 aromatic heterocycles. The van der Waals surface area contributed by atoms with Crippen molar-refractivity contribution >= 4 is 5.91 Å². The van der Waals surface area contributed by atoms with Crippen molar-refractivity contribution in [2.75, 3.05) is 19.6 Å². The van der Waals surface area contributed by atoms with E-state index in [1.54, 1.807) is 0 Å². The molecular formula is C22H31N5O. The highest BCUT2D eigenvalue weighted by molar-refractivity contribution is 5.93. The number of benzene rings is 1. The smallest absolute Gasteiger partial charge is 0.273 e. The van der Waals surface area contributed by atoms with Gasteiger partial charge in [-0.05, 0) is 64.1 Å². The summed E-state index contributed by atoms with van der Waals surface area (Å²) >= 11 is 0. The van der Waals surface area contributed by atoms with E-state index in [-0.39, 0.29) is 11.4 Å². The number of rotatable bonds is 6. The van der Waals surface area contributed by atoms with Crippen LogP contribution >= 0.6 is 0 Å². The van der Waals surface area contributed by atoms with Crippen LogP contribution in [0.5, 0.6) is 0 Å². The van der Waals surface area contributed by atoms with Crippen molar-refractivity contribution in [3.63, 3.8) is 0 Å². The highest BCUT2D eigenvalue weighted by Crippen LogP contribution is 2.42. The molecule has 1 unspecified atom stereocenters. The lowest BCUT2D eigenvalue weighted by molar-refractivity contribution is 0.0655. The molecule has 1 aliphatic heterocycles. The van der Waals surface area contributed by atoms with Crippen LogP contribution in [0.1, 0.15) is 68.6 Å². The molecule has 4 rings (SSSR count). The van der Waals surface area contributed by atoms with Gasteiger partial charge in [0.25, 0.3) is 5.91 Å². The second-order valence-corrected chi connectivity index (χ2v) is 9.03. The summed E-state index contributed by atoms with van der Waals surface area (Å²) in [7, 11) is 0. The predicted molar refractivity (Wildman–Crippen MR) is 110 cm³/mol. The van der Waals surface area contributed by atoms with Crippen LogP contribution in [0.4, 0.5) is 0 Å². The summed E-state index contributed by atoms with van der Waals surface area (Å²) in [4.78, 5) is 15.5. The number of hydrogen-bond donors (Lipinski definition) is 1. The average Bonchev–Trinajstić information content (AvgIpc) is 3.44. The molecule has 6 nitrogen and oxygen atoms in total. The number of hydrogen-bond acceptors (Lipinski definition) is 4. The minimum absolute atomic E-state index is 0.0699. The topological polar surface area (TPSA) is 63.1 Å². The van der Waals surface area contributed by atoms with E-state index >= 15 is 0 Å². The van der Waals surface area contributed by atoms with E-state index in [1.165, 1.54) is 12.8 Å². The molecule has 1 atom stereocenters. The van der Waals surface area contributed by atoms with E-state index in [0.29, 0.717) is 18.2 Å². The van der Waals surface area contributed by atoms with Crippen LogP contribution in [0.3, 0.4) is 0 Å². The molecule has 1 N–H and O–H groups in total. The van der Waals surface area contributed by atoms with Crippen molar-refractivity contribution in [1.82, 2.24) is 25.2 Å². The standard InChI is InChI=1S/C22H31N5O/c1-16-8-7-13-26(14-16)22(2,3)15-23-21(28)19-20(17-11-12-17)27(25-24-19)18-9-5-4-6-10-18/h4-6,9-10,16-17H,7-8,11-15H2,1-3H3,(H,23,28). The summed E-state index contributed by atoms with van der Waals surface area (Å²) in [6.45, 7) is 9.55. The molecule has 0 bridgehead atoms. The van der Waals surface area contributed by atoms with Gasteiger partial charge in [-0.1, -0.05) is 30.3 Å². The summed E-state index contributed by atoms with van der Waals surface area (Å²) in [5.74, 6) is 0.991. The monoisotopic (exact) mass is 381 g/mol. The molecule has 2 fully saturated rings. The van der Waals surface area contributed by atoms with Gasteiger partial charge >= 0.3 is 0 Å². The van der Waals surface area contributed by atoms with Gasteiger partial charge in [0.1, 0.15) is 0 Å². The Hall–Kier alpha value is -2.21. The van der Waals surface area contributed by atoms with Crippen molar-refractivity contribution in [2.24, 2.45) is 5.92 Å². The fraction of sp³-hybridized carbons (Fsp3) is 0.591. The van der Waals surface area contributed by atoms with Gasteiger partial charge in [0.15, 0.2) is 5.69 Å². The number of nitrogens with zero attached hydrogens (tertiary/aromatic N) is 4. The summed E-state index contributed by atoms with van der Waals surface area (Å²) < 4.78 is 1.84. The van der Waals surface area contributed by atoms with Crippen LogP contribution in [-0.4, -0.2) is 51.0 Å². The van der Waals surface area contributed by atoms with Crippen LogP contribution in [0, 0.1) is 5.92 Å². The fourth-order valence-corrected chi connectivity index (χ4v) is 4.17. The molecule has 150 valence electrons. The number of carbonyl (C=O) groups is 1. The maximum absolute atomic E-state index is 13.0. The molecule has 1 saturated heterocycles. The molecule has 0 spiro atoms. The van der Waals surface area contributed by atoms with E-state index in [4.69, 9.17) is 0 Å².